The van der Waals surface area contributed by atoms with Crippen LogP contribution >= 0.6 is 22.9 Å². The Morgan fingerprint density at radius 3 is 2.86 bits per heavy atom. The molecule has 0 bridgehead atoms. The zero-order chi connectivity index (χ0) is 14.8. The van der Waals surface area contributed by atoms with Crippen molar-refractivity contribution >= 4 is 33.7 Å². The van der Waals surface area contributed by atoms with E-state index >= 15 is 0 Å². The second kappa shape index (κ2) is 6.29. The molecule has 1 saturated heterocycles. The van der Waals surface area contributed by atoms with Gasteiger partial charge in [-0.05, 0) is 51.3 Å². The molecular formula is C14H21N5S2. The van der Waals surface area contributed by atoms with Crippen LogP contribution in [-0.4, -0.2) is 39.9 Å². The Hall–Kier alpha value is -1.18. The summed E-state index contributed by atoms with van der Waals surface area (Å²) < 4.78 is 4.29. The van der Waals surface area contributed by atoms with E-state index in [0.29, 0.717) is 11.9 Å². The Bertz CT molecular complexity index is 600. The highest BCUT2D eigenvalue weighted by Crippen LogP contribution is 2.38. The average Bonchev–Trinajstić information content (AvgIpc) is 3.17. The van der Waals surface area contributed by atoms with Crippen LogP contribution in [0.3, 0.4) is 0 Å². The highest BCUT2D eigenvalue weighted by atomic mass is 32.1. The molecule has 1 aliphatic heterocycles. The Balaban J connectivity index is 1.71. The molecular weight excluding hydrogens is 302 g/mol. The lowest BCUT2D eigenvalue weighted by Crippen LogP contribution is -2.35. The summed E-state index contributed by atoms with van der Waals surface area (Å²) in [5.41, 5.74) is 8.02. The minimum atomic E-state index is 0.529. The van der Waals surface area contributed by atoms with Crippen molar-refractivity contribution in [2.75, 3.05) is 30.7 Å². The number of hydrogen-bond acceptors (Lipinski definition) is 7. The monoisotopic (exact) mass is 323 g/mol. The van der Waals surface area contributed by atoms with Crippen molar-refractivity contribution < 1.29 is 0 Å². The lowest BCUT2D eigenvalue weighted by molar-refractivity contribution is 0.269. The van der Waals surface area contributed by atoms with Crippen molar-refractivity contribution in [3.8, 4) is 10.6 Å². The number of nitrogens with two attached hydrogens (primary N) is 1. The summed E-state index contributed by atoms with van der Waals surface area (Å²) >= 11 is 3.05. The van der Waals surface area contributed by atoms with Gasteiger partial charge in [-0.2, -0.15) is 4.37 Å². The third-order valence-corrected chi connectivity index (χ3v) is 5.67. The first-order valence-electron chi connectivity index (χ1n) is 7.30. The van der Waals surface area contributed by atoms with Crippen LogP contribution in [0.4, 0.5) is 10.8 Å². The van der Waals surface area contributed by atoms with Gasteiger partial charge in [0.1, 0.15) is 15.8 Å². The molecule has 1 fully saturated rings. The van der Waals surface area contributed by atoms with Crippen LogP contribution < -0.4 is 11.1 Å². The van der Waals surface area contributed by atoms with Crippen LogP contribution in [0.15, 0.2) is 5.38 Å². The molecule has 0 aliphatic carbocycles. The number of likely N-dealkylation sites (tertiary alicyclic amines) is 1. The van der Waals surface area contributed by atoms with Gasteiger partial charge in [-0.1, -0.05) is 0 Å². The topological polar surface area (TPSA) is 67.1 Å². The first-order valence-corrected chi connectivity index (χ1v) is 8.96. The molecule has 0 radical (unpaired) electrons. The van der Waals surface area contributed by atoms with E-state index in [2.05, 4.69) is 26.5 Å². The van der Waals surface area contributed by atoms with E-state index in [1.54, 1.807) is 11.3 Å². The molecule has 1 atom stereocenters. The first kappa shape index (κ1) is 14.7. The van der Waals surface area contributed by atoms with Crippen molar-refractivity contribution in [3.05, 3.63) is 11.1 Å². The van der Waals surface area contributed by atoms with Gasteiger partial charge in [0, 0.05) is 23.7 Å². The maximum absolute atomic E-state index is 6.03. The number of thiazole rings is 1. The van der Waals surface area contributed by atoms with Crippen LogP contribution in [0, 0.1) is 6.92 Å². The summed E-state index contributed by atoms with van der Waals surface area (Å²) in [6.45, 7) is 7.62. The summed E-state index contributed by atoms with van der Waals surface area (Å²) in [5, 5.41) is 7.55. The molecule has 3 N–H and O–H groups in total. The molecule has 2 aromatic rings. The smallest absolute Gasteiger partial charge is 0.149 e. The van der Waals surface area contributed by atoms with Gasteiger partial charge in [-0.3, -0.25) is 4.90 Å². The fourth-order valence-corrected chi connectivity index (χ4v) is 4.29. The summed E-state index contributed by atoms with van der Waals surface area (Å²) in [7, 11) is 0. The molecule has 3 heterocycles. The molecule has 0 aromatic carbocycles. The zero-order valence-electron chi connectivity index (χ0n) is 12.4. The van der Waals surface area contributed by atoms with E-state index in [4.69, 9.17) is 5.73 Å². The van der Waals surface area contributed by atoms with Gasteiger partial charge in [-0.15, -0.1) is 11.3 Å². The molecule has 5 nitrogen and oxygen atoms in total. The van der Waals surface area contributed by atoms with E-state index in [1.165, 1.54) is 37.5 Å². The molecule has 114 valence electrons. The van der Waals surface area contributed by atoms with Gasteiger partial charge in [0.05, 0.1) is 5.56 Å². The Labute approximate surface area is 133 Å². The van der Waals surface area contributed by atoms with Crippen molar-refractivity contribution in [1.82, 2.24) is 14.3 Å². The lowest BCUT2D eigenvalue weighted by Gasteiger charge is -2.24. The minimum absolute atomic E-state index is 0.529. The van der Waals surface area contributed by atoms with E-state index in [-0.39, 0.29) is 0 Å². The highest BCUT2D eigenvalue weighted by molar-refractivity contribution is 7.15. The molecule has 1 aliphatic rings. The average molecular weight is 323 g/mol. The van der Waals surface area contributed by atoms with Crippen molar-refractivity contribution in [3.63, 3.8) is 0 Å². The van der Waals surface area contributed by atoms with Crippen molar-refractivity contribution in [2.24, 2.45) is 0 Å². The fraction of sp³-hybridized carbons (Fsp3) is 0.571. The predicted octanol–water partition coefficient (Wildman–Crippen LogP) is 3.05. The molecule has 3 rings (SSSR count). The summed E-state index contributed by atoms with van der Waals surface area (Å²) in [5.74, 6) is 0.575. The molecule has 0 amide bonds. The van der Waals surface area contributed by atoms with Gasteiger partial charge in [0.25, 0.3) is 0 Å². The van der Waals surface area contributed by atoms with Gasteiger partial charge in [0.2, 0.25) is 0 Å². The van der Waals surface area contributed by atoms with Crippen LogP contribution in [0.1, 0.15) is 25.5 Å². The van der Waals surface area contributed by atoms with E-state index in [1.807, 2.05) is 12.3 Å². The Kier molecular flexibility index (Phi) is 4.42. The molecule has 0 saturated carbocycles. The second-order valence-corrected chi connectivity index (χ2v) is 7.17. The number of nitrogens with zero attached hydrogens (tertiary/aromatic N) is 3. The largest absolute Gasteiger partial charge is 0.382 e. The minimum Gasteiger partial charge on any atom is -0.382 e. The van der Waals surface area contributed by atoms with Crippen LogP contribution in [0.25, 0.3) is 10.6 Å². The van der Waals surface area contributed by atoms with E-state index in [0.717, 1.165) is 27.8 Å². The van der Waals surface area contributed by atoms with E-state index in [9.17, 15) is 0 Å². The van der Waals surface area contributed by atoms with E-state index < -0.39 is 0 Å². The third-order valence-electron chi connectivity index (χ3n) is 3.87. The Morgan fingerprint density at radius 1 is 1.43 bits per heavy atom. The number of hydrogen-bond donors (Lipinski definition) is 2. The summed E-state index contributed by atoms with van der Waals surface area (Å²) in [6, 6.07) is 0.529. The van der Waals surface area contributed by atoms with Gasteiger partial charge < -0.3 is 11.1 Å². The molecule has 2 aromatic heterocycles. The van der Waals surface area contributed by atoms with Crippen LogP contribution in [0.2, 0.25) is 0 Å². The maximum atomic E-state index is 6.03. The predicted molar refractivity (Wildman–Crippen MR) is 91.1 cm³/mol. The summed E-state index contributed by atoms with van der Waals surface area (Å²) in [4.78, 5) is 7.07. The van der Waals surface area contributed by atoms with Crippen molar-refractivity contribution in [2.45, 2.75) is 32.7 Å². The van der Waals surface area contributed by atoms with Gasteiger partial charge in [-0.25, -0.2) is 4.98 Å². The summed E-state index contributed by atoms with van der Waals surface area (Å²) in [6.07, 6.45) is 2.64. The normalized spacial score (nSPS) is 17.2. The fourth-order valence-electron chi connectivity index (χ4n) is 2.65. The molecule has 1 unspecified atom stereocenters. The molecule has 21 heavy (non-hydrogen) atoms. The third kappa shape index (κ3) is 3.20. The Morgan fingerprint density at radius 2 is 2.19 bits per heavy atom. The molecule has 0 spiro atoms. The SMILES string of the molecule is Cc1csc(-c2c(N)nsc2NCC(C)N2CCCC2)n1. The number of aromatic nitrogens is 2. The van der Waals surface area contributed by atoms with Crippen LogP contribution in [-0.2, 0) is 0 Å². The number of nitrogen functional groups attached to an aromatic ring is 1. The maximum Gasteiger partial charge on any atom is 0.149 e. The zero-order valence-corrected chi connectivity index (χ0v) is 14.1. The number of rotatable bonds is 5. The number of nitrogens with one attached hydrogen (secondary N) is 1. The number of anilines is 2. The van der Waals surface area contributed by atoms with Crippen molar-refractivity contribution in [1.29, 1.82) is 0 Å². The first-order chi connectivity index (χ1) is 10.1. The quantitative estimate of drug-likeness (QED) is 0.885. The second-order valence-electron chi connectivity index (χ2n) is 5.54. The standard InChI is InChI=1S/C14H21N5S2/c1-9-8-20-14(17-9)11-12(15)18-21-13(11)16-7-10(2)19-5-3-4-6-19/h8,10,16H,3-7H2,1-2H3,(H2,15,18). The number of aryl methyl sites for hydroxylation is 1. The van der Waals surface area contributed by atoms with Gasteiger partial charge >= 0.3 is 0 Å². The highest BCUT2D eigenvalue weighted by Gasteiger charge is 2.20. The lowest BCUT2D eigenvalue weighted by atomic mass is 10.2. The van der Waals surface area contributed by atoms with Gasteiger partial charge in [0.15, 0.2) is 0 Å². The van der Waals surface area contributed by atoms with Crippen LogP contribution in [0.5, 0.6) is 0 Å². The molecule has 7 heteroatoms.